The second kappa shape index (κ2) is 7.02. The molecule has 0 atom stereocenters. The maximum atomic E-state index is 6.20. The maximum Gasteiger partial charge on any atom is 0.161 e. The third-order valence-corrected chi connectivity index (χ3v) is 4.16. The van der Waals surface area contributed by atoms with Crippen LogP contribution in [0.3, 0.4) is 0 Å². The first-order valence-electron chi connectivity index (χ1n) is 8.21. The molecule has 5 heteroatoms. The van der Waals surface area contributed by atoms with Gasteiger partial charge in [0.2, 0.25) is 0 Å². The quantitative estimate of drug-likeness (QED) is 0.475. The summed E-state index contributed by atoms with van der Waals surface area (Å²) in [7, 11) is 0. The van der Waals surface area contributed by atoms with Crippen molar-refractivity contribution in [2.75, 3.05) is 5.32 Å². The SMILES string of the molecule is Cc1ccc2c(Nc3cc(Cl)ccc3Oc3ccccc3)ccnc2n1. The van der Waals surface area contributed by atoms with Crippen molar-refractivity contribution in [1.82, 2.24) is 9.97 Å². The van der Waals surface area contributed by atoms with Crippen LogP contribution in [0.25, 0.3) is 11.0 Å². The number of hydrogen-bond acceptors (Lipinski definition) is 4. The molecule has 0 fully saturated rings. The van der Waals surface area contributed by atoms with Crippen LogP contribution >= 0.6 is 11.6 Å². The lowest BCUT2D eigenvalue weighted by molar-refractivity contribution is 0.485. The number of rotatable bonds is 4. The standard InChI is InChI=1S/C21H16ClN3O/c1-14-7-9-17-18(11-12-23-21(17)24-14)25-19-13-15(22)8-10-20(19)26-16-5-3-2-4-6-16/h2-13H,1H3,(H,23,24,25). The summed E-state index contributed by atoms with van der Waals surface area (Å²) in [6, 6.07) is 21.0. The van der Waals surface area contributed by atoms with Gasteiger partial charge in [-0.1, -0.05) is 29.8 Å². The van der Waals surface area contributed by atoms with E-state index >= 15 is 0 Å². The lowest BCUT2D eigenvalue weighted by Crippen LogP contribution is -1.97. The van der Waals surface area contributed by atoms with Gasteiger partial charge in [0.1, 0.15) is 5.75 Å². The molecule has 4 nitrogen and oxygen atoms in total. The zero-order valence-electron chi connectivity index (χ0n) is 14.1. The Balaban J connectivity index is 1.73. The predicted molar refractivity (Wildman–Crippen MR) is 106 cm³/mol. The molecule has 0 saturated carbocycles. The van der Waals surface area contributed by atoms with Crippen LogP contribution in [0.2, 0.25) is 5.02 Å². The lowest BCUT2D eigenvalue weighted by atomic mass is 10.2. The summed E-state index contributed by atoms with van der Waals surface area (Å²) in [6.45, 7) is 1.95. The molecule has 2 aromatic carbocycles. The fourth-order valence-corrected chi connectivity index (χ4v) is 2.85. The van der Waals surface area contributed by atoms with Crippen LogP contribution in [0, 0.1) is 6.92 Å². The van der Waals surface area contributed by atoms with Crippen molar-refractivity contribution in [3.63, 3.8) is 0 Å². The van der Waals surface area contributed by atoms with Crippen molar-refractivity contribution in [3.05, 3.63) is 83.6 Å². The second-order valence-corrected chi connectivity index (χ2v) is 6.30. The lowest BCUT2D eigenvalue weighted by Gasteiger charge is -2.15. The minimum absolute atomic E-state index is 0.625. The van der Waals surface area contributed by atoms with Crippen molar-refractivity contribution in [1.29, 1.82) is 0 Å². The van der Waals surface area contributed by atoms with Crippen LogP contribution in [0.1, 0.15) is 5.69 Å². The van der Waals surface area contributed by atoms with Gasteiger partial charge in [0, 0.05) is 22.3 Å². The van der Waals surface area contributed by atoms with E-state index in [4.69, 9.17) is 16.3 Å². The molecule has 0 aliphatic heterocycles. The number of fused-ring (bicyclic) bond motifs is 1. The molecule has 0 unspecified atom stereocenters. The van der Waals surface area contributed by atoms with E-state index in [1.165, 1.54) is 0 Å². The van der Waals surface area contributed by atoms with Crippen LogP contribution < -0.4 is 10.1 Å². The van der Waals surface area contributed by atoms with E-state index in [9.17, 15) is 0 Å². The number of anilines is 2. The molecule has 2 heterocycles. The van der Waals surface area contributed by atoms with Crippen molar-refractivity contribution in [2.45, 2.75) is 6.92 Å². The number of pyridine rings is 2. The Hall–Kier alpha value is -3.11. The molecule has 0 saturated heterocycles. The molecule has 26 heavy (non-hydrogen) atoms. The molecule has 1 N–H and O–H groups in total. The van der Waals surface area contributed by atoms with E-state index in [0.29, 0.717) is 16.4 Å². The van der Waals surface area contributed by atoms with Crippen LogP contribution in [0.4, 0.5) is 11.4 Å². The van der Waals surface area contributed by atoms with Gasteiger partial charge >= 0.3 is 0 Å². The monoisotopic (exact) mass is 361 g/mol. The minimum atomic E-state index is 0.625. The van der Waals surface area contributed by atoms with Crippen LogP contribution in [0.5, 0.6) is 11.5 Å². The highest BCUT2D eigenvalue weighted by molar-refractivity contribution is 6.31. The Kier molecular flexibility index (Phi) is 4.42. The predicted octanol–water partition coefficient (Wildman–Crippen LogP) is 6.13. The number of hydrogen-bond donors (Lipinski definition) is 1. The first-order chi connectivity index (χ1) is 12.7. The van der Waals surface area contributed by atoms with E-state index in [0.717, 1.165) is 28.2 Å². The van der Waals surface area contributed by atoms with Gasteiger partial charge in [0.05, 0.1) is 11.4 Å². The zero-order chi connectivity index (χ0) is 17.9. The van der Waals surface area contributed by atoms with Gasteiger partial charge in [0.25, 0.3) is 0 Å². The Morgan fingerprint density at radius 2 is 1.77 bits per heavy atom. The number of ether oxygens (including phenoxy) is 1. The summed E-state index contributed by atoms with van der Waals surface area (Å²) in [5.41, 5.74) is 3.29. The molecule has 4 aromatic rings. The topological polar surface area (TPSA) is 47.0 Å². The summed E-state index contributed by atoms with van der Waals surface area (Å²) in [5, 5.41) is 4.97. The van der Waals surface area contributed by atoms with E-state index < -0.39 is 0 Å². The van der Waals surface area contributed by atoms with Gasteiger partial charge in [-0.2, -0.15) is 0 Å². The third kappa shape index (κ3) is 3.46. The molecule has 0 spiro atoms. The zero-order valence-corrected chi connectivity index (χ0v) is 14.9. The largest absolute Gasteiger partial charge is 0.455 e. The fraction of sp³-hybridized carbons (Fsp3) is 0.0476. The minimum Gasteiger partial charge on any atom is -0.455 e. The van der Waals surface area contributed by atoms with Crippen LogP contribution in [0.15, 0.2) is 72.9 Å². The number of para-hydroxylation sites is 1. The van der Waals surface area contributed by atoms with Gasteiger partial charge in [-0.3, -0.25) is 0 Å². The Morgan fingerprint density at radius 3 is 2.62 bits per heavy atom. The number of nitrogens with zero attached hydrogens (tertiary/aromatic N) is 2. The molecular formula is C21H16ClN3O. The van der Waals surface area contributed by atoms with E-state index in [1.54, 1.807) is 12.3 Å². The van der Waals surface area contributed by atoms with Gasteiger partial charge in [-0.15, -0.1) is 0 Å². The van der Waals surface area contributed by atoms with Gasteiger partial charge < -0.3 is 10.1 Å². The normalized spacial score (nSPS) is 10.7. The molecule has 0 aliphatic carbocycles. The molecule has 0 bridgehead atoms. The maximum absolute atomic E-state index is 6.20. The molecule has 0 radical (unpaired) electrons. The summed E-state index contributed by atoms with van der Waals surface area (Å²) in [5.74, 6) is 1.44. The smallest absolute Gasteiger partial charge is 0.161 e. The highest BCUT2D eigenvalue weighted by atomic mass is 35.5. The van der Waals surface area contributed by atoms with E-state index in [2.05, 4.69) is 15.3 Å². The van der Waals surface area contributed by atoms with Gasteiger partial charge in [-0.25, -0.2) is 9.97 Å². The van der Waals surface area contributed by atoms with Gasteiger partial charge in [-0.05, 0) is 55.5 Å². The summed E-state index contributed by atoms with van der Waals surface area (Å²) < 4.78 is 6.02. The van der Waals surface area contributed by atoms with E-state index in [-0.39, 0.29) is 0 Å². The number of benzene rings is 2. The summed E-state index contributed by atoms with van der Waals surface area (Å²) >= 11 is 6.20. The first kappa shape index (κ1) is 16.4. The molecule has 2 aromatic heterocycles. The Morgan fingerprint density at radius 1 is 0.923 bits per heavy atom. The number of aryl methyl sites for hydroxylation is 1. The van der Waals surface area contributed by atoms with Crippen molar-refractivity contribution in [3.8, 4) is 11.5 Å². The molecule has 128 valence electrons. The van der Waals surface area contributed by atoms with Crippen molar-refractivity contribution >= 4 is 34.0 Å². The van der Waals surface area contributed by atoms with Crippen LogP contribution in [-0.2, 0) is 0 Å². The molecule has 4 rings (SSSR count). The fourth-order valence-electron chi connectivity index (χ4n) is 2.68. The van der Waals surface area contributed by atoms with Crippen molar-refractivity contribution < 1.29 is 4.74 Å². The third-order valence-electron chi connectivity index (χ3n) is 3.92. The highest BCUT2D eigenvalue weighted by Crippen LogP contribution is 2.35. The highest BCUT2D eigenvalue weighted by Gasteiger charge is 2.10. The molecule has 0 amide bonds. The number of nitrogens with one attached hydrogen (secondary N) is 1. The van der Waals surface area contributed by atoms with Crippen molar-refractivity contribution in [2.24, 2.45) is 0 Å². The molecule has 0 aliphatic rings. The average molecular weight is 362 g/mol. The number of halogens is 1. The van der Waals surface area contributed by atoms with Crippen LogP contribution in [-0.4, -0.2) is 9.97 Å². The van der Waals surface area contributed by atoms with Gasteiger partial charge in [0.15, 0.2) is 11.4 Å². The second-order valence-electron chi connectivity index (χ2n) is 5.86. The Bertz CT molecular complexity index is 1070. The first-order valence-corrected chi connectivity index (χ1v) is 8.59. The summed E-state index contributed by atoms with van der Waals surface area (Å²) in [4.78, 5) is 8.82. The number of aromatic nitrogens is 2. The Labute approximate surface area is 156 Å². The van der Waals surface area contributed by atoms with E-state index in [1.807, 2.05) is 67.6 Å². The average Bonchev–Trinajstić information content (AvgIpc) is 2.65. The summed E-state index contributed by atoms with van der Waals surface area (Å²) in [6.07, 6.45) is 1.74. The molecular weight excluding hydrogens is 346 g/mol.